The molecule has 1 atom stereocenters. The Kier molecular flexibility index (Phi) is 5.43. The van der Waals surface area contributed by atoms with Gasteiger partial charge in [-0.3, -0.25) is 4.79 Å². The van der Waals surface area contributed by atoms with Crippen LogP contribution in [0.2, 0.25) is 0 Å². The quantitative estimate of drug-likeness (QED) is 0.827. The van der Waals surface area contributed by atoms with E-state index in [1.54, 1.807) is 0 Å². The van der Waals surface area contributed by atoms with Crippen LogP contribution in [-0.2, 0) is 4.79 Å². The van der Waals surface area contributed by atoms with Crippen molar-refractivity contribution in [2.75, 3.05) is 10.6 Å². The molecule has 1 unspecified atom stereocenters. The summed E-state index contributed by atoms with van der Waals surface area (Å²) in [5, 5.41) is 6.23. The van der Waals surface area contributed by atoms with E-state index in [1.807, 2.05) is 45.0 Å². The summed E-state index contributed by atoms with van der Waals surface area (Å²) in [6.07, 6.45) is 0. The smallest absolute Gasteiger partial charge is 0.246 e. The molecule has 0 heterocycles. The maximum absolute atomic E-state index is 12.4. The van der Waals surface area contributed by atoms with Gasteiger partial charge in [0.2, 0.25) is 5.91 Å². The fraction of sp³-hybridized carbons (Fsp3) is 0.350. The first-order valence-corrected chi connectivity index (χ1v) is 8.11. The average Bonchev–Trinajstić information content (AvgIpc) is 2.50. The summed E-state index contributed by atoms with van der Waals surface area (Å²) >= 11 is 0. The molecule has 2 aromatic carbocycles. The number of carbonyl (C=O) groups is 1. The predicted octanol–water partition coefficient (Wildman–Crippen LogP) is 4.87. The molecule has 3 heteroatoms. The molecule has 2 rings (SSSR count). The number of benzene rings is 2. The summed E-state index contributed by atoms with van der Waals surface area (Å²) in [5.41, 5.74) is 5.38. The third-order valence-electron chi connectivity index (χ3n) is 3.99. The van der Waals surface area contributed by atoms with Crippen molar-refractivity contribution in [3.63, 3.8) is 0 Å². The third-order valence-corrected chi connectivity index (χ3v) is 3.99. The van der Waals surface area contributed by atoms with E-state index in [9.17, 15) is 4.79 Å². The van der Waals surface area contributed by atoms with Crippen LogP contribution >= 0.6 is 0 Å². The molecular weight excluding hydrogens is 284 g/mol. The van der Waals surface area contributed by atoms with E-state index < -0.39 is 0 Å². The second kappa shape index (κ2) is 7.32. The molecule has 0 bridgehead atoms. The van der Waals surface area contributed by atoms with Crippen molar-refractivity contribution in [3.8, 4) is 0 Å². The highest BCUT2D eigenvalue weighted by Crippen LogP contribution is 2.19. The minimum absolute atomic E-state index is 0.0371. The fourth-order valence-corrected chi connectivity index (χ4v) is 2.47. The van der Waals surface area contributed by atoms with Crippen LogP contribution in [0.1, 0.15) is 43.4 Å². The number of aryl methyl sites for hydroxylation is 2. The number of hydrogen-bond acceptors (Lipinski definition) is 2. The van der Waals surface area contributed by atoms with Gasteiger partial charge in [0.05, 0.1) is 0 Å². The molecule has 0 aliphatic heterocycles. The summed E-state index contributed by atoms with van der Waals surface area (Å²) in [5.74, 6) is 0.471. The Morgan fingerprint density at radius 2 is 1.61 bits per heavy atom. The Labute approximate surface area is 139 Å². The van der Waals surface area contributed by atoms with Crippen LogP contribution in [0.25, 0.3) is 0 Å². The monoisotopic (exact) mass is 310 g/mol. The minimum atomic E-state index is -0.305. The van der Waals surface area contributed by atoms with Gasteiger partial charge in [-0.05, 0) is 56.0 Å². The van der Waals surface area contributed by atoms with E-state index in [0.29, 0.717) is 5.92 Å². The van der Waals surface area contributed by atoms with E-state index in [0.717, 1.165) is 16.9 Å². The van der Waals surface area contributed by atoms with Crippen molar-refractivity contribution in [2.45, 2.75) is 46.6 Å². The van der Waals surface area contributed by atoms with Crippen LogP contribution in [-0.4, -0.2) is 11.9 Å². The zero-order valence-corrected chi connectivity index (χ0v) is 14.6. The van der Waals surface area contributed by atoms with Gasteiger partial charge in [0.1, 0.15) is 6.04 Å². The van der Waals surface area contributed by atoms with Crippen molar-refractivity contribution in [1.29, 1.82) is 0 Å². The molecule has 23 heavy (non-hydrogen) atoms. The predicted molar refractivity (Wildman–Crippen MR) is 98.2 cm³/mol. The first-order chi connectivity index (χ1) is 10.9. The number of hydrogen-bond donors (Lipinski definition) is 2. The van der Waals surface area contributed by atoms with Gasteiger partial charge in [-0.15, -0.1) is 0 Å². The zero-order chi connectivity index (χ0) is 17.0. The van der Waals surface area contributed by atoms with E-state index in [4.69, 9.17) is 0 Å². The molecule has 3 nitrogen and oxygen atoms in total. The number of amides is 1. The summed E-state index contributed by atoms with van der Waals surface area (Å²) in [6, 6.07) is 14.0. The van der Waals surface area contributed by atoms with Gasteiger partial charge in [0, 0.05) is 11.4 Å². The molecule has 0 fully saturated rings. The molecule has 0 aliphatic rings. The van der Waals surface area contributed by atoms with E-state index in [2.05, 4.69) is 42.7 Å². The Bertz CT molecular complexity index is 675. The highest BCUT2D eigenvalue weighted by Gasteiger charge is 2.14. The summed E-state index contributed by atoms with van der Waals surface area (Å²) < 4.78 is 0. The molecule has 2 N–H and O–H groups in total. The lowest BCUT2D eigenvalue weighted by Gasteiger charge is -2.17. The zero-order valence-electron chi connectivity index (χ0n) is 14.6. The third kappa shape index (κ3) is 4.59. The molecule has 1 amide bonds. The number of nitrogens with one attached hydrogen (secondary N) is 2. The minimum Gasteiger partial charge on any atom is -0.374 e. The van der Waals surface area contributed by atoms with Crippen LogP contribution in [0.5, 0.6) is 0 Å². The van der Waals surface area contributed by atoms with Gasteiger partial charge in [0.15, 0.2) is 0 Å². The summed E-state index contributed by atoms with van der Waals surface area (Å²) in [7, 11) is 0. The average molecular weight is 310 g/mol. The fourth-order valence-electron chi connectivity index (χ4n) is 2.47. The molecular formula is C20H26N2O. The number of anilines is 2. The molecule has 122 valence electrons. The molecule has 0 spiro atoms. The highest BCUT2D eigenvalue weighted by molar-refractivity contribution is 5.96. The maximum Gasteiger partial charge on any atom is 0.246 e. The Balaban J connectivity index is 1.99. The second-order valence-electron chi connectivity index (χ2n) is 6.45. The Morgan fingerprint density at radius 1 is 0.957 bits per heavy atom. The van der Waals surface area contributed by atoms with Gasteiger partial charge >= 0.3 is 0 Å². The van der Waals surface area contributed by atoms with E-state index >= 15 is 0 Å². The molecule has 0 aliphatic carbocycles. The topological polar surface area (TPSA) is 41.1 Å². The van der Waals surface area contributed by atoms with E-state index in [-0.39, 0.29) is 11.9 Å². The number of rotatable bonds is 5. The van der Waals surface area contributed by atoms with Gasteiger partial charge < -0.3 is 10.6 Å². The lowest BCUT2D eigenvalue weighted by Crippen LogP contribution is -2.32. The van der Waals surface area contributed by atoms with Crippen molar-refractivity contribution in [3.05, 3.63) is 59.2 Å². The van der Waals surface area contributed by atoms with Crippen LogP contribution in [0.15, 0.2) is 42.5 Å². The van der Waals surface area contributed by atoms with Crippen LogP contribution in [0.3, 0.4) is 0 Å². The van der Waals surface area contributed by atoms with Gasteiger partial charge in [-0.25, -0.2) is 0 Å². The standard InChI is InChI=1S/C20H26N2O/c1-13(2)17-7-9-18(10-8-17)21-16(5)20(23)22-19-11-6-14(3)12-15(19)4/h6-13,16,21H,1-5H3,(H,22,23). The SMILES string of the molecule is Cc1ccc(NC(=O)C(C)Nc2ccc(C(C)C)cc2)c(C)c1. The molecule has 2 aromatic rings. The summed E-state index contributed by atoms with van der Waals surface area (Å²) in [6.45, 7) is 10.3. The normalized spacial score (nSPS) is 12.1. The molecule has 0 radical (unpaired) electrons. The highest BCUT2D eigenvalue weighted by atomic mass is 16.2. The van der Waals surface area contributed by atoms with Crippen molar-refractivity contribution >= 4 is 17.3 Å². The lowest BCUT2D eigenvalue weighted by molar-refractivity contribution is -0.116. The molecule has 0 saturated carbocycles. The van der Waals surface area contributed by atoms with Crippen molar-refractivity contribution < 1.29 is 4.79 Å². The molecule has 0 aromatic heterocycles. The molecule has 0 saturated heterocycles. The largest absolute Gasteiger partial charge is 0.374 e. The van der Waals surface area contributed by atoms with E-state index in [1.165, 1.54) is 11.1 Å². The van der Waals surface area contributed by atoms with Gasteiger partial charge in [-0.1, -0.05) is 43.7 Å². The number of carbonyl (C=O) groups excluding carboxylic acids is 1. The first kappa shape index (κ1) is 17.1. The van der Waals surface area contributed by atoms with Crippen LogP contribution in [0.4, 0.5) is 11.4 Å². The summed E-state index contributed by atoms with van der Waals surface area (Å²) in [4.78, 5) is 12.4. The Hall–Kier alpha value is -2.29. The van der Waals surface area contributed by atoms with Crippen LogP contribution in [0, 0.1) is 13.8 Å². The maximum atomic E-state index is 12.4. The van der Waals surface area contributed by atoms with Crippen LogP contribution < -0.4 is 10.6 Å². The lowest BCUT2D eigenvalue weighted by atomic mass is 10.0. The second-order valence-corrected chi connectivity index (χ2v) is 6.45. The van der Waals surface area contributed by atoms with Gasteiger partial charge in [0.25, 0.3) is 0 Å². The van der Waals surface area contributed by atoms with Gasteiger partial charge in [-0.2, -0.15) is 0 Å². The Morgan fingerprint density at radius 3 is 2.17 bits per heavy atom. The van der Waals surface area contributed by atoms with Crippen molar-refractivity contribution in [2.24, 2.45) is 0 Å². The van der Waals surface area contributed by atoms with Crippen molar-refractivity contribution in [1.82, 2.24) is 0 Å². The first-order valence-electron chi connectivity index (χ1n) is 8.11.